The lowest BCUT2D eigenvalue weighted by Crippen LogP contribution is -2.25. The van der Waals surface area contributed by atoms with E-state index in [1.54, 1.807) is 33.1 Å². The van der Waals surface area contributed by atoms with E-state index < -0.39 is 0 Å². The van der Waals surface area contributed by atoms with E-state index in [0.717, 1.165) is 28.9 Å². The first-order chi connectivity index (χ1) is 13.6. The van der Waals surface area contributed by atoms with E-state index in [9.17, 15) is 0 Å². The van der Waals surface area contributed by atoms with Gasteiger partial charge in [-0.25, -0.2) is 4.99 Å². The number of thioether (sulfide) groups is 1. The molecule has 1 aliphatic rings. The Morgan fingerprint density at radius 3 is 2.52 bits per heavy atom. The molecular weight excluding hydrogens is 412 g/mol. The number of benzene rings is 1. The third-order valence-corrected chi connectivity index (χ3v) is 5.51. The number of methoxy groups -OCH3 is 3. The van der Waals surface area contributed by atoms with Crippen molar-refractivity contribution in [3.8, 4) is 11.5 Å². The van der Waals surface area contributed by atoms with E-state index in [0.29, 0.717) is 18.1 Å². The van der Waals surface area contributed by atoms with Crippen LogP contribution in [0.5, 0.6) is 11.5 Å². The van der Waals surface area contributed by atoms with E-state index in [2.05, 4.69) is 40.0 Å². The molecule has 1 N–H and O–H groups in total. The van der Waals surface area contributed by atoms with Gasteiger partial charge in [0.15, 0.2) is 16.7 Å². The van der Waals surface area contributed by atoms with Crippen LogP contribution in [0.2, 0.25) is 0 Å². The van der Waals surface area contributed by atoms with Crippen molar-refractivity contribution in [1.29, 1.82) is 0 Å². The first kappa shape index (κ1) is 23.1. The standard InChI is InChI=1S/C20H26N4O3S.ClH/c1-13-10-16(14(2)24(13)8-9-25-3)17-12-28-20(23-22-17)21-15-6-7-18(26-4)19(11-15)27-5;/h6-7,10-11H,8-9,12H2,1-5H3,(H,21,23);1H. The van der Waals surface area contributed by atoms with Crippen LogP contribution in [0.15, 0.2) is 34.4 Å². The number of nitrogens with zero attached hydrogens (tertiary/aromatic N) is 3. The van der Waals surface area contributed by atoms with E-state index in [-0.39, 0.29) is 12.4 Å². The van der Waals surface area contributed by atoms with Crippen LogP contribution >= 0.6 is 24.2 Å². The minimum atomic E-state index is 0. The van der Waals surface area contributed by atoms with Crippen molar-refractivity contribution in [2.24, 2.45) is 10.1 Å². The molecule has 158 valence electrons. The summed E-state index contributed by atoms with van der Waals surface area (Å²) in [5.74, 6) is 2.09. The highest BCUT2D eigenvalue weighted by Crippen LogP contribution is 2.31. The van der Waals surface area contributed by atoms with Gasteiger partial charge < -0.3 is 18.8 Å². The van der Waals surface area contributed by atoms with Crippen LogP contribution in [0.4, 0.5) is 5.69 Å². The quantitative estimate of drug-likeness (QED) is 0.709. The summed E-state index contributed by atoms with van der Waals surface area (Å²) >= 11 is 1.63. The number of hydrazone groups is 1. The van der Waals surface area contributed by atoms with Gasteiger partial charge in [-0.2, -0.15) is 5.10 Å². The maximum Gasteiger partial charge on any atom is 0.182 e. The third-order valence-electron chi connectivity index (χ3n) is 4.63. The van der Waals surface area contributed by atoms with Crippen LogP contribution in [0, 0.1) is 13.8 Å². The largest absolute Gasteiger partial charge is 0.493 e. The lowest BCUT2D eigenvalue weighted by molar-refractivity contribution is 0.186. The first-order valence-corrected chi connectivity index (χ1v) is 9.98. The summed E-state index contributed by atoms with van der Waals surface area (Å²) in [5.41, 5.74) is 8.46. The molecule has 1 aromatic carbocycles. The maximum atomic E-state index is 5.34. The number of rotatable bonds is 7. The number of nitrogens with one attached hydrogen (secondary N) is 1. The molecule has 0 bridgehead atoms. The fourth-order valence-corrected chi connectivity index (χ4v) is 3.92. The molecule has 1 aliphatic heterocycles. The second kappa shape index (κ2) is 10.6. The van der Waals surface area contributed by atoms with Crippen molar-refractivity contribution >= 4 is 40.7 Å². The molecule has 0 fully saturated rings. The molecule has 0 unspecified atom stereocenters. The number of hydrogen-bond acceptors (Lipinski definition) is 6. The smallest absolute Gasteiger partial charge is 0.182 e. The van der Waals surface area contributed by atoms with E-state index in [1.807, 2.05) is 18.2 Å². The summed E-state index contributed by atoms with van der Waals surface area (Å²) in [4.78, 5) is 4.62. The second-order valence-corrected chi connectivity index (χ2v) is 7.31. The van der Waals surface area contributed by atoms with Crippen molar-refractivity contribution < 1.29 is 14.2 Å². The van der Waals surface area contributed by atoms with Gasteiger partial charge in [-0.15, -0.1) is 12.4 Å². The number of halogens is 1. The summed E-state index contributed by atoms with van der Waals surface area (Å²) in [6.07, 6.45) is 0. The summed E-state index contributed by atoms with van der Waals surface area (Å²) in [7, 11) is 4.95. The molecule has 2 aromatic rings. The second-order valence-electron chi connectivity index (χ2n) is 6.34. The average molecular weight is 439 g/mol. The molecule has 1 aromatic heterocycles. The number of amidine groups is 1. The van der Waals surface area contributed by atoms with Crippen molar-refractivity contribution in [2.45, 2.75) is 20.4 Å². The highest BCUT2D eigenvalue weighted by Gasteiger charge is 2.18. The predicted octanol–water partition coefficient (Wildman–Crippen LogP) is 3.92. The Morgan fingerprint density at radius 2 is 1.90 bits per heavy atom. The number of ether oxygens (including phenoxy) is 3. The van der Waals surface area contributed by atoms with Crippen LogP contribution < -0.4 is 14.9 Å². The van der Waals surface area contributed by atoms with Gasteiger partial charge in [0.05, 0.1) is 32.2 Å². The SMILES string of the molecule is COCCn1c(C)cc(C2=NNC(=Nc3ccc(OC)c(OC)c3)SC2)c1C.Cl. The number of hydrogen-bond donors (Lipinski definition) is 1. The molecule has 0 saturated heterocycles. The predicted molar refractivity (Wildman–Crippen MR) is 122 cm³/mol. The average Bonchev–Trinajstić information content (AvgIpc) is 3.00. The van der Waals surface area contributed by atoms with Gasteiger partial charge in [-0.3, -0.25) is 5.43 Å². The van der Waals surface area contributed by atoms with Crippen molar-refractivity contribution in [3.05, 3.63) is 41.2 Å². The summed E-state index contributed by atoms with van der Waals surface area (Å²) in [6.45, 7) is 5.77. The van der Waals surface area contributed by atoms with Gasteiger partial charge in [0.25, 0.3) is 0 Å². The molecule has 29 heavy (non-hydrogen) atoms. The molecule has 2 heterocycles. The number of aromatic nitrogens is 1. The van der Waals surface area contributed by atoms with Crippen molar-refractivity contribution in [3.63, 3.8) is 0 Å². The molecule has 0 saturated carbocycles. The molecular formula is C20H27ClN4O3S. The summed E-state index contributed by atoms with van der Waals surface area (Å²) in [5, 5.41) is 5.32. The molecule has 0 aliphatic carbocycles. The van der Waals surface area contributed by atoms with Gasteiger partial charge in [0.1, 0.15) is 0 Å². The van der Waals surface area contributed by atoms with E-state index >= 15 is 0 Å². The van der Waals surface area contributed by atoms with Gasteiger partial charge >= 0.3 is 0 Å². The zero-order valence-electron chi connectivity index (χ0n) is 17.3. The Bertz CT molecular complexity index is 911. The third kappa shape index (κ3) is 5.26. The van der Waals surface area contributed by atoms with Gasteiger partial charge in [0.2, 0.25) is 0 Å². The van der Waals surface area contributed by atoms with Gasteiger partial charge in [-0.05, 0) is 32.0 Å². The topological polar surface area (TPSA) is 69.4 Å². The zero-order chi connectivity index (χ0) is 20.1. The van der Waals surface area contributed by atoms with Crippen LogP contribution in [0.3, 0.4) is 0 Å². The molecule has 0 atom stereocenters. The Labute approximate surface area is 181 Å². The van der Waals surface area contributed by atoms with Crippen LogP contribution in [0.25, 0.3) is 0 Å². The van der Waals surface area contributed by atoms with Crippen LogP contribution in [-0.2, 0) is 11.3 Å². The molecule has 3 rings (SSSR count). The summed E-state index contributed by atoms with van der Waals surface area (Å²) < 4.78 is 18.1. The first-order valence-electron chi connectivity index (χ1n) is 8.99. The molecule has 0 amide bonds. The molecule has 9 heteroatoms. The minimum Gasteiger partial charge on any atom is -0.493 e. The monoisotopic (exact) mass is 438 g/mol. The Balaban J connectivity index is 0.00000300. The Morgan fingerprint density at radius 1 is 1.14 bits per heavy atom. The van der Waals surface area contributed by atoms with Crippen LogP contribution in [0.1, 0.15) is 17.0 Å². The van der Waals surface area contributed by atoms with Gasteiger partial charge in [-0.1, -0.05) is 11.8 Å². The van der Waals surface area contributed by atoms with E-state index in [4.69, 9.17) is 14.2 Å². The number of aryl methyl sites for hydroxylation is 1. The Hall–Kier alpha value is -2.16. The van der Waals surface area contributed by atoms with Crippen LogP contribution in [-0.4, -0.2) is 49.1 Å². The van der Waals surface area contributed by atoms with Crippen molar-refractivity contribution in [1.82, 2.24) is 9.99 Å². The highest BCUT2D eigenvalue weighted by atomic mass is 35.5. The fourth-order valence-electron chi connectivity index (χ4n) is 3.14. The number of aliphatic imine (C=N–C) groups is 1. The molecule has 0 spiro atoms. The van der Waals surface area contributed by atoms with E-state index in [1.165, 1.54) is 17.0 Å². The molecule has 0 radical (unpaired) electrons. The molecule has 7 nitrogen and oxygen atoms in total. The maximum absolute atomic E-state index is 5.34. The fraction of sp³-hybridized carbons (Fsp3) is 0.400. The van der Waals surface area contributed by atoms with Gasteiger partial charge in [0, 0.05) is 42.4 Å². The minimum absolute atomic E-state index is 0. The highest BCUT2D eigenvalue weighted by molar-refractivity contribution is 8.14. The lowest BCUT2D eigenvalue weighted by atomic mass is 10.1. The lowest BCUT2D eigenvalue weighted by Gasteiger charge is -2.15. The zero-order valence-corrected chi connectivity index (χ0v) is 18.9. The normalized spacial score (nSPS) is 14.8. The summed E-state index contributed by atoms with van der Waals surface area (Å²) in [6, 6.07) is 7.76. The van der Waals surface area contributed by atoms with Crippen molar-refractivity contribution in [2.75, 3.05) is 33.7 Å². The Kier molecular flexibility index (Phi) is 8.43.